The molecule has 1 unspecified atom stereocenters. The Balaban J connectivity index is 1.92. The van der Waals surface area contributed by atoms with Gasteiger partial charge in [-0.3, -0.25) is 0 Å². The number of hydrogen-bond donors (Lipinski definition) is 2. The molecule has 2 heterocycles. The number of hydrogen-bond acceptors (Lipinski definition) is 5. The summed E-state index contributed by atoms with van der Waals surface area (Å²) in [6.07, 6.45) is 1.88. The average Bonchev–Trinajstić information content (AvgIpc) is 2.85. The predicted molar refractivity (Wildman–Crippen MR) is 74.8 cm³/mol. The Morgan fingerprint density at radius 3 is 2.80 bits per heavy atom. The highest BCUT2D eigenvalue weighted by Gasteiger charge is 2.28. The molecule has 6 nitrogen and oxygen atoms in total. The first-order chi connectivity index (χ1) is 9.32. The van der Waals surface area contributed by atoms with Gasteiger partial charge in [0, 0.05) is 12.6 Å². The molecule has 20 heavy (non-hydrogen) atoms. The van der Waals surface area contributed by atoms with Crippen molar-refractivity contribution in [3.8, 4) is 0 Å². The highest BCUT2D eigenvalue weighted by molar-refractivity contribution is 7.89. The first-order valence-corrected chi connectivity index (χ1v) is 8.20. The molecular weight excluding hydrogens is 280 g/mol. The Morgan fingerprint density at radius 1 is 1.40 bits per heavy atom. The van der Waals surface area contributed by atoms with Crippen molar-refractivity contribution in [2.75, 3.05) is 13.7 Å². The molecule has 0 radical (unpaired) electrons. The predicted octanol–water partition coefficient (Wildman–Crippen LogP) is 1.23. The molecule has 1 atom stereocenters. The van der Waals surface area contributed by atoms with Crippen LogP contribution in [0.2, 0.25) is 0 Å². The van der Waals surface area contributed by atoms with Gasteiger partial charge in [0.2, 0.25) is 5.09 Å². The van der Waals surface area contributed by atoms with E-state index in [4.69, 9.17) is 9.15 Å². The molecule has 1 fully saturated rings. The minimum Gasteiger partial charge on any atom is -0.447 e. The molecule has 1 saturated heterocycles. The molecule has 1 aromatic heterocycles. The van der Waals surface area contributed by atoms with Crippen molar-refractivity contribution in [3.05, 3.63) is 17.9 Å². The number of furan rings is 1. The maximum absolute atomic E-state index is 11.6. The standard InChI is InChI=1S/C13H22N2O4S/c1-13(2)8-10(6-7-18-13)15-9-11-4-5-12(19-11)20(16,17)14-3/h4-5,10,14-15H,6-9H2,1-3H3. The van der Waals surface area contributed by atoms with Crippen LogP contribution in [0.3, 0.4) is 0 Å². The van der Waals surface area contributed by atoms with E-state index in [1.165, 1.54) is 13.1 Å². The molecule has 0 saturated carbocycles. The zero-order valence-corrected chi connectivity index (χ0v) is 12.9. The zero-order chi connectivity index (χ0) is 14.8. The van der Waals surface area contributed by atoms with Gasteiger partial charge in [-0.1, -0.05) is 0 Å². The van der Waals surface area contributed by atoms with E-state index in [1.54, 1.807) is 6.07 Å². The van der Waals surface area contributed by atoms with Crippen molar-refractivity contribution in [1.29, 1.82) is 0 Å². The fraction of sp³-hybridized carbons (Fsp3) is 0.692. The van der Waals surface area contributed by atoms with Crippen LogP contribution < -0.4 is 10.0 Å². The third kappa shape index (κ3) is 3.82. The molecule has 0 amide bonds. The molecule has 0 aromatic carbocycles. The number of rotatable bonds is 5. The third-order valence-corrected chi connectivity index (χ3v) is 4.72. The second-order valence-electron chi connectivity index (χ2n) is 5.61. The summed E-state index contributed by atoms with van der Waals surface area (Å²) in [6.45, 7) is 5.40. The van der Waals surface area contributed by atoms with E-state index in [1.807, 2.05) is 0 Å². The fourth-order valence-electron chi connectivity index (χ4n) is 2.35. The lowest BCUT2D eigenvalue weighted by molar-refractivity contribution is -0.0632. The van der Waals surface area contributed by atoms with Gasteiger partial charge >= 0.3 is 0 Å². The second kappa shape index (κ2) is 5.85. The van der Waals surface area contributed by atoms with Gasteiger partial charge in [-0.05, 0) is 45.9 Å². The number of sulfonamides is 1. The van der Waals surface area contributed by atoms with Gasteiger partial charge in [-0.25, -0.2) is 13.1 Å². The molecule has 0 bridgehead atoms. The van der Waals surface area contributed by atoms with Crippen LogP contribution >= 0.6 is 0 Å². The van der Waals surface area contributed by atoms with Gasteiger partial charge < -0.3 is 14.5 Å². The smallest absolute Gasteiger partial charge is 0.273 e. The van der Waals surface area contributed by atoms with Gasteiger partial charge in [-0.15, -0.1) is 0 Å². The molecule has 1 aliphatic rings. The van der Waals surface area contributed by atoms with Crippen molar-refractivity contribution in [1.82, 2.24) is 10.0 Å². The van der Waals surface area contributed by atoms with E-state index in [-0.39, 0.29) is 10.7 Å². The Hall–Kier alpha value is -0.890. The Bertz CT molecular complexity index is 550. The van der Waals surface area contributed by atoms with E-state index in [9.17, 15) is 8.42 Å². The van der Waals surface area contributed by atoms with Crippen LogP contribution in [0.25, 0.3) is 0 Å². The fourth-order valence-corrected chi connectivity index (χ4v) is 3.01. The lowest BCUT2D eigenvalue weighted by Crippen LogP contribution is -2.43. The Morgan fingerprint density at radius 2 is 2.15 bits per heavy atom. The van der Waals surface area contributed by atoms with E-state index >= 15 is 0 Å². The molecule has 2 N–H and O–H groups in total. The summed E-state index contributed by atoms with van der Waals surface area (Å²) in [5.41, 5.74) is -0.111. The normalized spacial score (nSPS) is 22.9. The largest absolute Gasteiger partial charge is 0.447 e. The van der Waals surface area contributed by atoms with Crippen LogP contribution in [0.4, 0.5) is 0 Å². The Kier molecular flexibility index (Phi) is 4.53. The molecule has 0 spiro atoms. The second-order valence-corrected chi connectivity index (χ2v) is 7.42. The minimum atomic E-state index is -3.50. The zero-order valence-electron chi connectivity index (χ0n) is 12.1. The van der Waals surface area contributed by atoms with Gasteiger partial charge in [0.1, 0.15) is 5.76 Å². The van der Waals surface area contributed by atoms with Crippen LogP contribution in [0.15, 0.2) is 21.6 Å². The number of nitrogens with one attached hydrogen (secondary N) is 2. The van der Waals surface area contributed by atoms with E-state index < -0.39 is 10.0 Å². The first kappa shape index (κ1) is 15.5. The monoisotopic (exact) mass is 302 g/mol. The molecule has 1 aliphatic heterocycles. The summed E-state index contributed by atoms with van der Waals surface area (Å²) >= 11 is 0. The van der Waals surface area contributed by atoms with Crippen LogP contribution in [0, 0.1) is 0 Å². The summed E-state index contributed by atoms with van der Waals surface area (Å²) in [4.78, 5) is 0. The number of ether oxygens (including phenoxy) is 1. The van der Waals surface area contributed by atoms with Crippen LogP contribution in [-0.4, -0.2) is 33.7 Å². The van der Waals surface area contributed by atoms with Crippen molar-refractivity contribution in [2.24, 2.45) is 0 Å². The molecule has 7 heteroatoms. The molecule has 2 rings (SSSR count). The van der Waals surface area contributed by atoms with Crippen LogP contribution in [0.5, 0.6) is 0 Å². The quantitative estimate of drug-likeness (QED) is 0.855. The highest BCUT2D eigenvalue weighted by atomic mass is 32.2. The first-order valence-electron chi connectivity index (χ1n) is 6.72. The maximum Gasteiger partial charge on any atom is 0.273 e. The van der Waals surface area contributed by atoms with E-state index in [2.05, 4.69) is 23.9 Å². The van der Waals surface area contributed by atoms with E-state index in [0.29, 0.717) is 18.3 Å². The summed E-state index contributed by atoms with van der Waals surface area (Å²) in [6, 6.07) is 3.51. The van der Waals surface area contributed by atoms with Gasteiger partial charge in [0.05, 0.1) is 12.1 Å². The van der Waals surface area contributed by atoms with Crippen molar-refractivity contribution in [2.45, 2.75) is 50.0 Å². The summed E-state index contributed by atoms with van der Waals surface area (Å²) in [7, 11) is -2.14. The minimum absolute atomic E-state index is 0.0518. The lowest BCUT2D eigenvalue weighted by Gasteiger charge is -2.35. The van der Waals surface area contributed by atoms with Crippen LogP contribution in [-0.2, 0) is 21.3 Å². The van der Waals surface area contributed by atoms with Crippen molar-refractivity contribution in [3.63, 3.8) is 0 Å². The van der Waals surface area contributed by atoms with E-state index in [0.717, 1.165) is 19.4 Å². The average molecular weight is 302 g/mol. The SMILES string of the molecule is CNS(=O)(=O)c1ccc(CNC2CCOC(C)(C)C2)o1. The molecule has 114 valence electrons. The Labute approximate surface area is 119 Å². The summed E-state index contributed by atoms with van der Waals surface area (Å²) in [5.74, 6) is 0.614. The van der Waals surface area contributed by atoms with Crippen molar-refractivity contribution >= 4 is 10.0 Å². The van der Waals surface area contributed by atoms with Gasteiger partial charge in [0.15, 0.2) is 0 Å². The van der Waals surface area contributed by atoms with Crippen molar-refractivity contribution < 1.29 is 17.6 Å². The topological polar surface area (TPSA) is 80.6 Å². The maximum atomic E-state index is 11.6. The van der Waals surface area contributed by atoms with Gasteiger partial charge in [0.25, 0.3) is 10.0 Å². The molecule has 1 aromatic rings. The lowest BCUT2D eigenvalue weighted by atomic mass is 9.94. The highest BCUT2D eigenvalue weighted by Crippen LogP contribution is 2.24. The molecule has 0 aliphatic carbocycles. The van der Waals surface area contributed by atoms with Gasteiger partial charge in [-0.2, -0.15) is 0 Å². The summed E-state index contributed by atoms with van der Waals surface area (Å²) < 4.78 is 36.4. The van der Waals surface area contributed by atoms with Crippen LogP contribution in [0.1, 0.15) is 32.4 Å². The summed E-state index contributed by atoms with van der Waals surface area (Å²) in [5, 5.41) is 3.34. The molecular formula is C13H22N2O4S. The third-order valence-electron chi connectivity index (χ3n) is 3.43.